The van der Waals surface area contributed by atoms with E-state index in [2.05, 4.69) is 27.4 Å². The highest BCUT2D eigenvalue weighted by molar-refractivity contribution is 8.00. The Morgan fingerprint density at radius 2 is 1.74 bits per heavy atom. The molecule has 1 N–H and O–H groups in total. The molecule has 3 heterocycles. The molecular formula is C26H25N5O2S. The van der Waals surface area contributed by atoms with Gasteiger partial charge in [0.15, 0.2) is 0 Å². The summed E-state index contributed by atoms with van der Waals surface area (Å²) in [5, 5.41) is 7.69. The number of nitrogens with zero attached hydrogens (tertiary/aromatic N) is 4. The lowest BCUT2D eigenvalue weighted by atomic mass is 10.0. The molecule has 1 aliphatic rings. The van der Waals surface area contributed by atoms with E-state index in [1.807, 2.05) is 69.3 Å². The van der Waals surface area contributed by atoms with Crippen molar-refractivity contribution in [3.05, 3.63) is 94.4 Å². The topological polar surface area (TPSA) is 81.9 Å². The van der Waals surface area contributed by atoms with E-state index in [0.29, 0.717) is 24.1 Å². The van der Waals surface area contributed by atoms with Gasteiger partial charge in [-0.15, -0.1) is 11.8 Å². The lowest BCUT2D eigenvalue weighted by Gasteiger charge is -2.16. The Hall–Kier alpha value is -3.65. The third kappa shape index (κ3) is 4.54. The van der Waals surface area contributed by atoms with Crippen LogP contribution in [0.2, 0.25) is 0 Å². The monoisotopic (exact) mass is 471 g/mol. The largest absolute Gasteiger partial charge is 0.489 e. The fraction of sp³-hybridized carbons (Fsp3) is 0.231. The van der Waals surface area contributed by atoms with Gasteiger partial charge >= 0.3 is 0 Å². The Balaban J connectivity index is 1.47. The first-order valence-electron chi connectivity index (χ1n) is 11.1. The summed E-state index contributed by atoms with van der Waals surface area (Å²) in [7, 11) is 0. The average Bonchev–Trinajstić information content (AvgIpc) is 3.03. The number of carbonyl (C=O) groups excluding carboxylic acids is 1. The Kier molecular flexibility index (Phi) is 6.06. The fourth-order valence-electron chi connectivity index (χ4n) is 4.07. The lowest BCUT2D eigenvalue weighted by Crippen LogP contribution is -2.17. The minimum Gasteiger partial charge on any atom is -0.489 e. The molecular weight excluding hydrogens is 446 g/mol. The van der Waals surface area contributed by atoms with Crippen LogP contribution in [0.1, 0.15) is 39.0 Å². The standard InChI is InChI=1S/C26H25N5O2S/c1-16-13-17(2)28-26(27-16)31-25-23(18(3)30-31)24(34-15-22(32)29-25)20-9-11-21(12-10-20)33-14-19-7-5-4-6-8-19/h4-13,24H,14-15H2,1-3H3,(H,29,32)/t24-/m1/s1. The first-order chi connectivity index (χ1) is 16.5. The van der Waals surface area contributed by atoms with Gasteiger partial charge in [0.2, 0.25) is 5.91 Å². The molecule has 4 aromatic rings. The van der Waals surface area contributed by atoms with Crippen LogP contribution in [0.3, 0.4) is 0 Å². The molecule has 7 nitrogen and oxygen atoms in total. The molecule has 0 spiro atoms. The van der Waals surface area contributed by atoms with Gasteiger partial charge < -0.3 is 10.1 Å². The molecule has 1 amide bonds. The molecule has 172 valence electrons. The van der Waals surface area contributed by atoms with E-state index < -0.39 is 0 Å². The zero-order chi connectivity index (χ0) is 23.7. The summed E-state index contributed by atoms with van der Waals surface area (Å²) in [5.74, 6) is 2.17. The second-order valence-corrected chi connectivity index (χ2v) is 9.39. The molecule has 0 radical (unpaired) electrons. The number of fused-ring (bicyclic) bond motifs is 1. The van der Waals surface area contributed by atoms with Gasteiger partial charge in [-0.1, -0.05) is 42.5 Å². The first-order valence-corrected chi connectivity index (χ1v) is 12.1. The number of nitrogens with one attached hydrogen (secondary N) is 1. The Bertz CT molecular complexity index is 1320. The maximum Gasteiger partial charge on any atom is 0.252 e. The summed E-state index contributed by atoms with van der Waals surface area (Å²) in [4.78, 5) is 21.7. The van der Waals surface area contributed by atoms with Crippen LogP contribution in [-0.4, -0.2) is 31.4 Å². The molecule has 1 aliphatic heterocycles. The second kappa shape index (κ2) is 9.30. The molecule has 5 rings (SSSR count). The molecule has 0 unspecified atom stereocenters. The number of anilines is 1. The smallest absolute Gasteiger partial charge is 0.252 e. The number of rotatable bonds is 5. The highest BCUT2D eigenvalue weighted by Gasteiger charge is 2.31. The third-order valence-corrected chi connectivity index (χ3v) is 6.87. The van der Waals surface area contributed by atoms with Gasteiger partial charge in [0.05, 0.1) is 16.7 Å². The van der Waals surface area contributed by atoms with Gasteiger partial charge in [0, 0.05) is 17.0 Å². The molecule has 2 aromatic carbocycles. The lowest BCUT2D eigenvalue weighted by molar-refractivity contribution is -0.113. The van der Waals surface area contributed by atoms with Crippen molar-refractivity contribution in [3.8, 4) is 11.7 Å². The Morgan fingerprint density at radius 3 is 2.44 bits per heavy atom. The molecule has 1 atom stereocenters. The van der Waals surface area contributed by atoms with Crippen molar-refractivity contribution in [2.24, 2.45) is 0 Å². The fourth-order valence-corrected chi connectivity index (χ4v) is 5.26. The maximum absolute atomic E-state index is 12.6. The predicted octanol–water partition coefficient (Wildman–Crippen LogP) is 4.94. The number of hydrogen-bond acceptors (Lipinski definition) is 6. The summed E-state index contributed by atoms with van der Waals surface area (Å²) in [6.07, 6.45) is 0. The van der Waals surface area contributed by atoms with E-state index >= 15 is 0 Å². The summed E-state index contributed by atoms with van der Waals surface area (Å²) in [5.41, 5.74) is 5.71. The quantitative estimate of drug-likeness (QED) is 0.444. The number of ether oxygens (including phenoxy) is 1. The van der Waals surface area contributed by atoms with Gasteiger partial charge in [-0.25, -0.2) is 9.97 Å². The maximum atomic E-state index is 12.6. The Morgan fingerprint density at radius 1 is 1.03 bits per heavy atom. The number of amides is 1. The molecule has 0 aliphatic carbocycles. The van der Waals surface area contributed by atoms with E-state index in [4.69, 9.17) is 9.84 Å². The predicted molar refractivity (Wildman–Crippen MR) is 134 cm³/mol. The van der Waals surface area contributed by atoms with Crippen LogP contribution in [0, 0.1) is 20.8 Å². The van der Waals surface area contributed by atoms with Gasteiger partial charge in [0.25, 0.3) is 5.95 Å². The number of hydrogen-bond donors (Lipinski definition) is 1. The van der Waals surface area contributed by atoms with Crippen LogP contribution in [0.15, 0.2) is 60.7 Å². The Labute approximate surface area is 202 Å². The van der Waals surface area contributed by atoms with Crippen molar-refractivity contribution in [2.75, 3.05) is 11.1 Å². The van der Waals surface area contributed by atoms with Crippen molar-refractivity contribution in [1.82, 2.24) is 19.7 Å². The number of thioether (sulfide) groups is 1. The molecule has 0 bridgehead atoms. The van der Waals surface area contributed by atoms with E-state index in [1.165, 1.54) is 0 Å². The van der Waals surface area contributed by atoms with Crippen molar-refractivity contribution >= 4 is 23.5 Å². The second-order valence-electron chi connectivity index (χ2n) is 8.29. The van der Waals surface area contributed by atoms with Crippen molar-refractivity contribution in [1.29, 1.82) is 0 Å². The minimum absolute atomic E-state index is 0.0585. The molecule has 2 aromatic heterocycles. The van der Waals surface area contributed by atoms with E-state index in [0.717, 1.165) is 39.5 Å². The highest BCUT2D eigenvalue weighted by atomic mass is 32.2. The highest BCUT2D eigenvalue weighted by Crippen LogP contribution is 2.43. The SMILES string of the molecule is Cc1cc(C)nc(-n2nc(C)c3c2NC(=O)CS[C@@H]3c2ccc(OCc3ccccc3)cc2)n1. The summed E-state index contributed by atoms with van der Waals surface area (Å²) in [6.45, 7) is 6.32. The number of carbonyl (C=O) groups is 1. The van der Waals surface area contributed by atoms with E-state index in [1.54, 1.807) is 16.4 Å². The van der Waals surface area contributed by atoms with Crippen LogP contribution in [-0.2, 0) is 11.4 Å². The molecule has 34 heavy (non-hydrogen) atoms. The molecule has 0 saturated carbocycles. The minimum atomic E-state index is -0.0675. The summed E-state index contributed by atoms with van der Waals surface area (Å²) in [6, 6.07) is 20.1. The molecule has 0 saturated heterocycles. The van der Waals surface area contributed by atoms with Crippen molar-refractivity contribution in [2.45, 2.75) is 32.6 Å². The number of benzene rings is 2. The van der Waals surface area contributed by atoms with Gasteiger partial charge in [-0.05, 0) is 50.1 Å². The molecule has 8 heteroatoms. The van der Waals surface area contributed by atoms with Crippen molar-refractivity contribution in [3.63, 3.8) is 0 Å². The van der Waals surface area contributed by atoms with Crippen LogP contribution in [0.4, 0.5) is 5.82 Å². The summed E-state index contributed by atoms with van der Waals surface area (Å²) >= 11 is 1.59. The summed E-state index contributed by atoms with van der Waals surface area (Å²) < 4.78 is 7.60. The third-order valence-electron chi connectivity index (χ3n) is 5.60. The van der Waals surface area contributed by atoms with Crippen LogP contribution in [0.5, 0.6) is 5.75 Å². The number of aromatic nitrogens is 4. The van der Waals surface area contributed by atoms with Crippen LogP contribution >= 0.6 is 11.8 Å². The zero-order valence-corrected chi connectivity index (χ0v) is 20.1. The van der Waals surface area contributed by atoms with Crippen LogP contribution in [0.25, 0.3) is 5.95 Å². The van der Waals surface area contributed by atoms with E-state index in [9.17, 15) is 4.79 Å². The zero-order valence-electron chi connectivity index (χ0n) is 19.3. The number of aryl methyl sites for hydroxylation is 3. The molecule has 0 fully saturated rings. The van der Waals surface area contributed by atoms with Crippen LogP contribution < -0.4 is 10.1 Å². The van der Waals surface area contributed by atoms with Gasteiger partial charge in [0.1, 0.15) is 18.2 Å². The van der Waals surface area contributed by atoms with Gasteiger partial charge in [-0.3, -0.25) is 4.79 Å². The normalized spacial score (nSPS) is 15.4. The average molecular weight is 472 g/mol. The first kappa shape index (κ1) is 22.2. The van der Waals surface area contributed by atoms with Crippen molar-refractivity contribution < 1.29 is 9.53 Å². The van der Waals surface area contributed by atoms with E-state index in [-0.39, 0.29) is 11.2 Å². The van der Waals surface area contributed by atoms with Gasteiger partial charge in [-0.2, -0.15) is 9.78 Å².